The molecule has 11 N–H and O–H groups in total. The van der Waals surface area contributed by atoms with E-state index in [-0.39, 0.29) is 31.3 Å². The molecule has 0 bridgehead atoms. The van der Waals surface area contributed by atoms with Gasteiger partial charge in [-0.1, -0.05) is 52.3 Å². The normalized spacial score (nSPS) is 14.9. The molecule has 5 atom stereocenters. The molecule has 1 aromatic heterocycles. The van der Waals surface area contributed by atoms with Gasteiger partial charge in [-0.3, -0.25) is 19.4 Å². The SMILES string of the molecule is CCC(C)C(N)C(=O)NC(CCCN=C(N)N)C(=O)NC(Cc1c[nH]c2ccccc12)C(=O)NC(C(=O)O)C(C)C. The van der Waals surface area contributed by atoms with Crippen LogP contribution in [-0.4, -0.2) is 70.5 Å². The molecule has 226 valence electrons. The van der Waals surface area contributed by atoms with E-state index in [4.69, 9.17) is 17.2 Å². The lowest BCUT2D eigenvalue weighted by molar-refractivity contribution is -0.143. The van der Waals surface area contributed by atoms with Crippen molar-refractivity contribution in [1.82, 2.24) is 20.9 Å². The number of amides is 3. The van der Waals surface area contributed by atoms with Gasteiger partial charge in [0.25, 0.3) is 0 Å². The Kier molecular flexibility index (Phi) is 12.6. The molecule has 1 heterocycles. The van der Waals surface area contributed by atoms with E-state index in [1.54, 1.807) is 20.0 Å². The van der Waals surface area contributed by atoms with Gasteiger partial charge in [-0.05, 0) is 36.3 Å². The maximum absolute atomic E-state index is 13.6. The summed E-state index contributed by atoms with van der Waals surface area (Å²) in [6.07, 6.45) is 3.03. The maximum atomic E-state index is 13.6. The summed E-state index contributed by atoms with van der Waals surface area (Å²) in [7, 11) is 0. The number of hydrogen-bond acceptors (Lipinski definition) is 6. The van der Waals surface area contributed by atoms with Crippen molar-refractivity contribution in [2.24, 2.45) is 34.0 Å². The van der Waals surface area contributed by atoms with Gasteiger partial charge in [-0.2, -0.15) is 0 Å². The Labute approximate surface area is 240 Å². The number of aliphatic imine (C=N–C) groups is 1. The van der Waals surface area contributed by atoms with Crippen LogP contribution in [0.5, 0.6) is 0 Å². The molecule has 2 aromatic rings. The van der Waals surface area contributed by atoms with E-state index < -0.39 is 53.8 Å². The zero-order chi connectivity index (χ0) is 30.7. The van der Waals surface area contributed by atoms with E-state index in [9.17, 15) is 24.3 Å². The molecule has 3 amide bonds. The number of para-hydroxylation sites is 1. The Hall–Kier alpha value is -4.13. The molecule has 13 heteroatoms. The third-order valence-electron chi connectivity index (χ3n) is 7.10. The summed E-state index contributed by atoms with van der Waals surface area (Å²) in [5, 5.41) is 18.5. The topological polar surface area (TPSA) is 231 Å². The van der Waals surface area contributed by atoms with Gasteiger partial charge in [0.1, 0.15) is 18.1 Å². The van der Waals surface area contributed by atoms with Gasteiger partial charge in [-0.15, -0.1) is 0 Å². The minimum absolute atomic E-state index is 0.0765. The fraction of sp³-hybridized carbons (Fsp3) is 0.536. The highest BCUT2D eigenvalue weighted by atomic mass is 16.4. The van der Waals surface area contributed by atoms with E-state index in [2.05, 4.69) is 25.9 Å². The quantitative estimate of drug-likeness (QED) is 0.0791. The van der Waals surface area contributed by atoms with E-state index >= 15 is 0 Å². The lowest BCUT2D eigenvalue weighted by Gasteiger charge is -2.26. The zero-order valence-corrected chi connectivity index (χ0v) is 24.1. The van der Waals surface area contributed by atoms with Crippen LogP contribution in [0.2, 0.25) is 0 Å². The van der Waals surface area contributed by atoms with Gasteiger partial charge in [0, 0.05) is 30.1 Å². The number of aromatic nitrogens is 1. The molecule has 0 saturated heterocycles. The van der Waals surface area contributed by atoms with Crippen LogP contribution >= 0.6 is 0 Å². The van der Waals surface area contributed by atoms with Gasteiger partial charge >= 0.3 is 5.97 Å². The molecule has 0 spiro atoms. The van der Waals surface area contributed by atoms with Crippen LogP contribution < -0.4 is 33.2 Å². The summed E-state index contributed by atoms with van der Waals surface area (Å²) < 4.78 is 0. The summed E-state index contributed by atoms with van der Waals surface area (Å²) in [6.45, 7) is 7.33. The standard InChI is InChI=1S/C28H44N8O5/c1-5-16(4)22(29)26(39)34-20(11-8-12-32-28(30)31)24(37)35-21(25(38)36-23(15(2)3)27(40)41)13-17-14-33-19-10-7-6-9-18(17)19/h6-7,9-10,14-16,20-23,33H,5,8,11-13,29H2,1-4H3,(H,34,39)(H,35,37)(H,36,38)(H,40,41)(H4,30,31,32). The van der Waals surface area contributed by atoms with Gasteiger partial charge in [0.05, 0.1) is 6.04 Å². The monoisotopic (exact) mass is 572 g/mol. The number of nitrogens with two attached hydrogens (primary N) is 3. The van der Waals surface area contributed by atoms with Crippen LogP contribution in [0.1, 0.15) is 52.5 Å². The highest BCUT2D eigenvalue weighted by molar-refractivity contribution is 5.95. The molecular weight excluding hydrogens is 528 g/mol. The maximum Gasteiger partial charge on any atom is 0.326 e. The molecule has 0 fully saturated rings. The van der Waals surface area contributed by atoms with Gasteiger partial charge < -0.3 is 43.2 Å². The van der Waals surface area contributed by atoms with E-state index in [0.29, 0.717) is 12.8 Å². The van der Waals surface area contributed by atoms with E-state index in [1.165, 1.54) is 0 Å². The number of H-pyrrole nitrogens is 1. The number of carboxylic acid groups (broad SMARTS) is 1. The summed E-state index contributed by atoms with van der Waals surface area (Å²) >= 11 is 0. The van der Waals surface area contributed by atoms with Crippen LogP contribution in [0.15, 0.2) is 35.5 Å². The Bertz CT molecular complexity index is 1220. The van der Waals surface area contributed by atoms with Crippen molar-refractivity contribution in [2.45, 2.75) is 77.5 Å². The number of hydrogen-bond donors (Lipinski definition) is 8. The van der Waals surface area contributed by atoms with Gasteiger partial charge in [-0.25, -0.2) is 4.79 Å². The number of carboxylic acids is 1. The Balaban J connectivity index is 2.34. The molecular formula is C28H44N8O5. The molecule has 1 aromatic carbocycles. The van der Waals surface area contributed by atoms with E-state index in [0.717, 1.165) is 16.5 Å². The lowest BCUT2D eigenvalue weighted by atomic mass is 9.98. The first kappa shape index (κ1) is 33.1. The van der Waals surface area contributed by atoms with Crippen molar-refractivity contribution in [3.05, 3.63) is 36.0 Å². The predicted octanol–water partition coefficient (Wildman–Crippen LogP) is 0.332. The summed E-state index contributed by atoms with van der Waals surface area (Å²) in [6, 6.07) is 3.33. The summed E-state index contributed by atoms with van der Waals surface area (Å²) in [5.74, 6) is -3.57. The van der Waals surface area contributed by atoms with Crippen molar-refractivity contribution >= 4 is 40.6 Å². The molecule has 2 rings (SSSR count). The molecule has 0 aliphatic carbocycles. The smallest absolute Gasteiger partial charge is 0.326 e. The number of carbonyl (C=O) groups excluding carboxylic acids is 3. The van der Waals surface area contributed by atoms with Crippen LogP contribution in [0.4, 0.5) is 0 Å². The molecule has 41 heavy (non-hydrogen) atoms. The Morgan fingerprint density at radius 2 is 1.61 bits per heavy atom. The molecule has 0 saturated carbocycles. The highest BCUT2D eigenvalue weighted by Crippen LogP contribution is 2.19. The molecule has 13 nitrogen and oxygen atoms in total. The highest BCUT2D eigenvalue weighted by Gasteiger charge is 2.32. The third kappa shape index (κ3) is 9.78. The van der Waals surface area contributed by atoms with Gasteiger partial charge in [0.2, 0.25) is 17.7 Å². The third-order valence-corrected chi connectivity index (χ3v) is 7.10. The first-order valence-corrected chi connectivity index (χ1v) is 13.9. The summed E-state index contributed by atoms with van der Waals surface area (Å²) in [4.78, 5) is 58.7. The van der Waals surface area contributed by atoms with Crippen molar-refractivity contribution in [2.75, 3.05) is 6.54 Å². The average Bonchev–Trinajstić information content (AvgIpc) is 3.33. The molecule has 5 unspecified atom stereocenters. The lowest BCUT2D eigenvalue weighted by Crippen LogP contribution is -2.58. The second-order valence-electron chi connectivity index (χ2n) is 10.6. The second kappa shape index (κ2) is 15.6. The number of carbonyl (C=O) groups is 4. The first-order chi connectivity index (χ1) is 19.3. The second-order valence-corrected chi connectivity index (χ2v) is 10.6. The van der Waals surface area contributed by atoms with Crippen LogP contribution in [0.3, 0.4) is 0 Å². The van der Waals surface area contributed by atoms with E-state index in [1.807, 2.05) is 38.1 Å². The van der Waals surface area contributed by atoms with Crippen molar-refractivity contribution < 1.29 is 24.3 Å². The van der Waals surface area contributed by atoms with Crippen molar-refractivity contribution in [3.8, 4) is 0 Å². The number of rotatable bonds is 16. The Morgan fingerprint density at radius 1 is 0.976 bits per heavy atom. The largest absolute Gasteiger partial charge is 0.480 e. The predicted molar refractivity (Wildman–Crippen MR) is 158 cm³/mol. The first-order valence-electron chi connectivity index (χ1n) is 13.9. The molecule has 0 radical (unpaired) electrons. The minimum atomic E-state index is -1.19. The number of guanidine groups is 1. The molecule has 0 aliphatic heterocycles. The number of fused-ring (bicyclic) bond motifs is 1. The fourth-order valence-corrected chi connectivity index (χ4v) is 4.32. The minimum Gasteiger partial charge on any atom is -0.480 e. The van der Waals surface area contributed by atoms with Crippen LogP contribution in [0.25, 0.3) is 10.9 Å². The number of aliphatic carboxylic acids is 1. The van der Waals surface area contributed by atoms with Crippen molar-refractivity contribution in [3.63, 3.8) is 0 Å². The number of nitrogens with zero attached hydrogens (tertiary/aromatic N) is 1. The fourth-order valence-electron chi connectivity index (χ4n) is 4.32. The van der Waals surface area contributed by atoms with Crippen molar-refractivity contribution in [1.29, 1.82) is 0 Å². The zero-order valence-electron chi connectivity index (χ0n) is 24.1. The number of benzene rings is 1. The Morgan fingerprint density at radius 3 is 2.22 bits per heavy atom. The average molecular weight is 573 g/mol. The van der Waals surface area contributed by atoms with Crippen LogP contribution in [-0.2, 0) is 25.6 Å². The molecule has 0 aliphatic rings. The number of nitrogens with one attached hydrogen (secondary N) is 4. The van der Waals surface area contributed by atoms with Crippen LogP contribution in [0, 0.1) is 11.8 Å². The van der Waals surface area contributed by atoms with Gasteiger partial charge in [0.15, 0.2) is 5.96 Å². The summed E-state index contributed by atoms with van der Waals surface area (Å²) in [5.41, 5.74) is 18.5. The number of aromatic amines is 1.